The van der Waals surface area contributed by atoms with E-state index >= 15 is 0 Å². The van der Waals surface area contributed by atoms with Gasteiger partial charge in [0.2, 0.25) is 0 Å². The third kappa shape index (κ3) is 2.49. The Kier molecular flexibility index (Phi) is 3.87. The maximum atomic E-state index is 6.12. The molecule has 0 saturated carbocycles. The van der Waals surface area contributed by atoms with Crippen LogP contribution in [0.15, 0.2) is 36.4 Å². The van der Waals surface area contributed by atoms with E-state index in [1.807, 2.05) is 6.07 Å². The number of benzene rings is 2. The zero-order valence-electron chi connectivity index (χ0n) is 11.3. The molecule has 2 N–H and O–H groups in total. The van der Waals surface area contributed by atoms with Gasteiger partial charge < -0.3 is 10.5 Å². The zero-order valence-corrected chi connectivity index (χ0v) is 11.3. The molecule has 0 heterocycles. The van der Waals surface area contributed by atoms with Gasteiger partial charge in [0.1, 0.15) is 5.75 Å². The predicted octanol–water partition coefficient (Wildman–Crippen LogP) is 3.69. The Labute approximate surface area is 109 Å². The summed E-state index contributed by atoms with van der Waals surface area (Å²) >= 11 is 0. The summed E-state index contributed by atoms with van der Waals surface area (Å²) in [6.07, 6.45) is 1.00. The van der Waals surface area contributed by atoms with Gasteiger partial charge in [-0.2, -0.15) is 0 Å². The standard InChI is InChI=1S/C16H21NO/c1-4-16(17)11(2)12-5-6-14-10-15(18-3)8-7-13(14)9-12/h5-11,16H,4,17H2,1-3H3. The average molecular weight is 243 g/mol. The fourth-order valence-corrected chi connectivity index (χ4v) is 2.25. The quantitative estimate of drug-likeness (QED) is 0.888. The summed E-state index contributed by atoms with van der Waals surface area (Å²) in [4.78, 5) is 0. The van der Waals surface area contributed by atoms with E-state index in [9.17, 15) is 0 Å². The molecule has 2 atom stereocenters. The second-order valence-electron chi connectivity index (χ2n) is 4.83. The molecule has 18 heavy (non-hydrogen) atoms. The number of ether oxygens (including phenoxy) is 1. The molecule has 96 valence electrons. The van der Waals surface area contributed by atoms with E-state index in [0.717, 1.165) is 12.2 Å². The number of nitrogens with two attached hydrogens (primary N) is 1. The number of methoxy groups -OCH3 is 1. The molecule has 0 bridgehead atoms. The van der Waals surface area contributed by atoms with Crippen LogP contribution in [0.3, 0.4) is 0 Å². The Balaban J connectivity index is 2.38. The molecule has 2 nitrogen and oxygen atoms in total. The van der Waals surface area contributed by atoms with Gasteiger partial charge in [0.15, 0.2) is 0 Å². The van der Waals surface area contributed by atoms with Crippen molar-refractivity contribution in [3.05, 3.63) is 42.0 Å². The third-order valence-corrected chi connectivity index (χ3v) is 3.71. The lowest BCUT2D eigenvalue weighted by Crippen LogP contribution is -2.25. The Morgan fingerprint density at radius 2 is 1.78 bits per heavy atom. The van der Waals surface area contributed by atoms with E-state index in [1.165, 1.54) is 16.3 Å². The summed E-state index contributed by atoms with van der Waals surface area (Å²) in [5.74, 6) is 1.29. The average Bonchev–Trinajstić information content (AvgIpc) is 2.44. The largest absolute Gasteiger partial charge is 0.497 e. The first kappa shape index (κ1) is 12.9. The van der Waals surface area contributed by atoms with Crippen LogP contribution in [-0.4, -0.2) is 13.2 Å². The number of fused-ring (bicyclic) bond motifs is 1. The lowest BCUT2D eigenvalue weighted by Gasteiger charge is -2.19. The molecule has 0 radical (unpaired) electrons. The van der Waals surface area contributed by atoms with Crippen molar-refractivity contribution in [1.82, 2.24) is 0 Å². The van der Waals surface area contributed by atoms with Crippen LogP contribution in [0, 0.1) is 0 Å². The van der Waals surface area contributed by atoms with Gasteiger partial charge in [-0.3, -0.25) is 0 Å². The van der Waals surface area contributed by atoms with Crippen molar-refractivity contribution in [3.63, 3.8) is 0 Å². The van der Waals surface area contributed by atoms with Crippen LogP contribution in [0.4, 0.5) is 0 Å². The van der Waals surface area contributed by atoms with Crippen LogP contribution in [0.25, 0.3) is 10.8 Å². The summed E-state index contributed by atoms with van der Waals surface area (Å²) in [6, 6.07) is 12.9. The van der Waals surface area contributed by atoms with Crippen LogP contribution in [-0.2, 0) is 0 Å². The van der Waals surface area contributed by atoms with E-state index in [-0.39, 0.29) is 6.04 Å². The molecule has 2 rings (SSSR count). The van der Waals surface area contributed by atoms with Gasteiger partial charge in [-0.15, -0.1) is 0 Å². The lowest BCUT2D eigenvalue weighted by atomic mass is 9.91. The smallest absolute Gasteiger partial charge is 0.119 e. The summed E-state index contributed by atoms with van der Waals surface area (Å²) in [5, 5.41) is 2.44. The molecule has 0 amide bonds. The van der Waals surface area contributed by atoms with Crippen molar-refractivity contribution in [1.29, 1.82) is 0 Å². The van der Waals surface area contributed by atoms with Crippen molar-refractivity contribution >= 4 is 10.8 Å². The molecule has 0 aliphatic heterocycles. The lowest BCUT2D eigenvalue weighted by molar-refractivity contribution is 0.415. The molecule has 2 aromatic rings. The second-order valence-corrected chi connectivity index (χ2v) is 4.83. The maximum Gasteiger partial charge on any atom is 0.119 e. The summed E-state index contributed by atoms with van der Waals surface area (Å²) in [5.41, 5.74) is 7.43. The minimum atomic E-state index is 0.223. The molecule has 0 spiro atoms. The van der Waals surface area contributed by atoms with Crippen LogP contribution < -0.4 is 10.5 Å². The number of hydrogen-bond acceptors (Lipinski definition) is 2. The van der Waals surface area contributed by atoms with Crippen molar-refractivity contribution in [2.45, 2.75) is 32.2 Å². The van der Waals surface area contributed by atoms with Crippen LogP contribution >= 0.6 is 0 Å². The molecule has 0 aliphatic carbocycles. The summed E-state index contributed by atoms with van der Waals surface area (Å²) in [6.45, 7) is 4.33. The van der Waals surface area contributed by atoms with Gasteiger partial charge in [-0.05, 0) is 40.8 Å². The highest BCUT2D eigenvalue weighted by molar-refractivity contribution is 5.84. The highest BCUT2D eigenvalue weighted by Gasteiger charge is 2.13. The van der Waals surface area contributed by atoms with Gasteiger partial charge in [0.05, 0.1) is 7.11 Å². The first-order chi connectivity index (χ1) is 8.65. The minimum Gasteiger partial charge on any atom is -0.497 e. The molecule has 0 aliphatic rings. The summed E-state index contributed by atoms with van der Waals surface area (Å²) < 4.78 is 5.24. The van der Waals surface area contributed by atoms with Gasteiger partial charge in [0, 0.05) is 6.04 Å². The molecular formula is C16H21NO. The number of rotatable bonds is 4. The van der Waals surface area contributed by atoms with Crippen molar-refractivity contribution in [2.24, 2.45) is 5.73 Å². The Hall–Kier alpha value is -1.54. The maximum absolute atomic E-state index is 6.12. The Morgan fingerprint density at radius 1 is 1.11 bits per heavy atom. The van der Waals surface area contributed by atoms with Crippen molar-refractivity contribution in [3.8, 4) is 5.75 Å². The van der Waals surface area contributed by atoms with E-state index in [4.69, 9.17) is 10.5 Å². The number of hydrogen-bond donors (Lipinski definition) is 1. The molecule has 2 aromatic carbocycles. The van der Waals surface area contributed by atoms with E-state index in [0.29, 0.717) is 5.92 Å². The predicted molar refractivity (Wildman–Crippen MR) is 77.2 cm³/mol. The molecule has 0 fully saturated rings. The second kappa shape index (κ2) is 5.40. The van der Waals surface area contributed by atoms with E-state index in [2.05, 4.69) is 44.2 Å². The fourth-order valence-electron chi connectivity index (χ4n) is 2.25. The first-order valence-electron chi connectivity index (χ1n) is 6.49. The van der Waals surface area contributed by atoms with Gasteiger partial charge in [0.25, 0.3) is 0 Å². The van der Waals surface area contributed by atoms with Gasteiger partial charge in [-0.25, -0.2) is 0 Å². The highest BCUT2D eigenvalue weighted by atomic mass is 16.5. The Morgan fingerprint density at radius 3 is 2.44 bits per heavy atom. The molecule has 2 unspecified atom stereocenters. The van der Waals surface area contributed by atoms with Gasteiger partial charge in [-0.1, -0.05) is 38.1 Å². The van der Waals surface area contributed by atoms with Crippen molar-refractivity contribution < 1.29 is 4.74 Å². The molecule has 2 heteroatoms. The molecular weight excluding hydrogens is 222 g/mol. The van der Waals surface area contributed by atoms with E-state index < -0.39 is 0 Å². The topological polar surface area (TPSA) is 35.2 Å². The van der Waals surface area contributed by atoms with Crippen LogP contribution in [0.5, 0.6) is 5.75 Å². The zero-order chi connectivity index (χ0) is 13.1. The third-order valence-electron chi connectivity index (χ3n) is 3.71. The van der Waals surface area contributed by atoms with Gasteiger partial charge >= 0.3 is 0 Å². The summed E-state index contributed by atoms with van der Waals surface area (Å²) in [7, 11) is 1.69. The monoisotopic (exact) mass is 243 g/mol. The van der Waals surface area contributed by atoms with Crippen molar-refractivity contribution in [2.75, 3.05) is 7.11 Å². The van der Waals surface area contributed by atoms with Crippen LogP contribution in [0.1, 0.15) is 31.7 Å². The van der Waals surface area contributed by atoms with E-state index in [1.54, 1.807) is 7.11 Å². The normalized spacial score (nSPS) is 14.4. The molecule has 0 aromatic heterocycles. The SMILES string of the molecule is CCC(N)C(C)c1ccc2cc(OC)ccc2c1. The van der Waals surface area contributed by atoms with Crippen LogP contribution in [0.2, 0.25) is 0 Å². The Bertz CT molecular complexity index is 536. The minimum absolute atomic E-state index is 0.223. The first-order valence-corrected chi connectivity index (χ1v) is 6.49. The molecule has 0 saturated heterocycles. The fraction of sp³-hybridized carbons (Fsp3) is 0.375. The highest BCUT2D eigenvalue weighted by Crippen LogP contribution is 2.26.